The lowest BCUT2D eigenvalue weighted by molar-refractivity contribution is -0.130. The number of aliphatic hydroxyl groups is 2. The SMILES string of the molecule is CCCCCCCCCCC/C=C\CCCCCCC(O)C(=O)NC(CS(=O)(=O)O)C(O)/C=C/CCCCCCCCCCC. The summed E-state index contributed by atoms with van der Waals surface area (Å²) in [6.07, 6.45) is 35.2. The van der Waals surface area contributed by atoms with Crippen LogP contribution < -0.4 is 5.32 Å². The summed E-state index contributed by atoms with van der Waals surface area (Å²) in [6, 6.07) is -1.23. The maximum Gasteiger partial charge on any atom is 0.267 e. The molecule has 45 heavy (non-hydrogen) atoms. The third kappa shape index (κ3) is 31.2. The van der Waals surface area contributed by atoms with Gasteiger partial charge in [-0.25, -0.2) is 0 Å². The topological polar surface area (TPSA) is 124 Å². The van der Waals surface area contributed by atoms with E-state index >= 15 is 0 Å². The second-order valence-corrected chi connectivity index (χ2v) is 14.5. The van der Waals surface area contributed by atoms with Crippen molar-refractivity contribution in [3.63, 3.8) is 0 Å². The lowest BCUT2D eigenvalue weighted by Crippen LogP contribution is -2.50. The molecule has 0 radical (unpaired) electrons. The number of nitrogens with one attached hydrogen (secondary N) is 1. The van der Waals surface area contributed by atoms with Crippen molar-refractivity contribution in [3.8, 4) is 0 Å². The summed E-state index contributed by atoms with van der Waals surface area (Å²) in [4.78, 5) is 12.5. The molecule has 1 amide bonds. The lowest BCUT2D eigenvalue weighted by atomic mass is 10.1. The minimum atomic E-state index is -4.43. The highest BCUT2D eigenvalue weighted by molar-refractivity contribution is 7.85. The van der Waals surface area contributed by atoms with E-state index in [1.807, 2.05) is 0 Å². The average Bonchev–Trinajstić information content (AvgIpc) is 3.00. The van der Waals surface area contributed by atoms with Crippen LogP contribution in [0.25, 0.3) is 0 Å². The maximum absolute atomic E-state index is 12.5. The number of aliphatic hydroxyl groups excluding tert-OH is 2. The fraction of sp³-hybridized carbons (Fsp3) is 0.865. The number of rotatable bonds is 33. The number of hydrogen-bond donors (Lipinski definition) is 4. The molecular formula is C37H71NO6S. The molecule has 8 heteroatoms. The Bertz CT molecular complexity index is 829. The zero-order valence-corrected chi connectivity index (χ0v) is 29.9. The first kappa shape index (κ1) is 43.8. The van der Waals surface area contributed by atoms with Crippen LogP contribution in [0.3, 0.4) is 0 Å². The zero-order valence-electron chi connectivity index (χ0n) is 29.1. The molecule has 0 aromatic heterocycles. The molecule has 0 aliphatic rings. The van der Waals surface area contributed by atoms with E-state index in [-0.39, 0.29) is 6.42 Å². The molecule has 0 heterocycles. The highest BCUT2D eigenvalue weighted by Crippen LogP contribution is 2.13. The summed E-state index contributed by atoms with van der Waals surface area (Å²) >= 11 is 0. The van der Waals surface area contributed by atoms with E-state index in [0.717, 1.165) is 51.4 Å². The first-order valence-electron chi connectivity index (χ1n) is 18.6. The largest absolute Gasteiger partial charge is 0.387 e. The van der Waals surface area contributed by atoms with Crippen LogP contribution in [0.15, 0.2) is 24.3 Å². The summed E-state index contributed by atoms with van der Waals surface area (Å²) in [5, 5.41) is 23.3. The van der Waals surface area contributed by atoms with Crippen molar-refractivity contribution in [2.24, 2.45) is 0 Å². The number of unbranched alkanes of at least 4 members (excludes halogenated alkanes) is 22. The van der Waals surface area contributed by atoms with Crippen LogP contribution in [0.4, 0.5) is 0 Å². The Labute approximate surface area is 277 Å². The van der Waals surface area contributed by atoms with Crippen LogP contribution in [0.1, 0.15) is 181 Å². The van der Waals surface area contributed by atoms with E-state index in [4.69, 9.17) is 0 Å². The summed E-state index contributed by atoms with van der Waals surface area (Å²) in [5.74, 6) is -1.55. The highest BCUT2D eigenvalue weighted by atomic mass is 32.2. The zero-order chi connectivity index (χ0) is 33.4. The predicted molar refractivity (Wildman–Crippen MR) is 190 cm³/mol. The maximum atomic E-state index is 12.5. The van der Waals surface area contributed by atoms with E-state index in [1.54, 1.807) is 6.08 Å². The van der Waals surface area contributed by atoms with Gasteiger partial charge in [-0.15, -0.1) is 0 Å². The van der Waals surface area contributed by atoms with Gasteiger partial charge in [0.15, 0.2) is 0 Å². The molecule has 0 aromatic carbocycles. The molecule has 0 bridgehead atoms. The molecule has 3 atom stereocenters. The first-order valence-corrected chi connectivity index (χ1v) is 20.3. The van der Waals surface area contributed by atoms with Crippen molar-refractivity contribution >= 4 is 16.0 Å². The number of hydrogen-bond acceptors (Lipinski definition) is 5. The Morgan fingerprint density at radius 2 is 0.978 bits per heavy atom. The standard InChI is InChI=1S/C37H71NO6S/c1-3-5-7-9-11-13-15-16-17-18-19-20-22-24-26-28-30-32-36(40)37(41)38-34(33-45(42,43)44)35(39)31-29-27-25-23-21-14-12-10-8-6-4-2/h19-20,29,31,34-36,39-40H,3-18,21-28,30,32-33H2,1-2H3,(H,38,41)(H,42,43,44)/b20-19-,31-29+. The van der Waals surface area contributed by atoms with Gasteiger partial charge in [0.1, 0.15) is 6.10 Å². The first-order chi connectivity index (χ1) is 21.7. The summed E-state index contributed by atoms with van der Waals surface area (Å²) in [7, 11) is -4.43. The van der Waals surface area contributed by atoms with E-state index in [2.05, 4.69) is 31.3 Å². The molecule has 0 spiro atoms. The number of allylic oxidation sites excluding steroid dienone is 3. The van der Waals surface area contributed by atoms with Gasteiger partial charge >= 0.3 is 0 Å². The van der Waals surface area contributed by atoms with Crippen molar-refractivity contribution in [3.05, 3.63) is 24.3 Å². The number of amides is 1. The van der Waals surface area contributed by atoms with Crippen LogP contribution in [0.5, 0.6) is 0 Å². The third-order valence-electron chi connectivity index (χ3n) is 8.48. The van der Waals surface area contributed by atoms with Crippen molar-refractivity contribution < 1.29 is 28.0 Å². The number of carbonyl (C=O) groups is 1. The van der Waals surface area contributed by atoms with E-state index in [1.165, 1.54) is 109 Å². The Balaban J connectivity index is 4.09. The molecule has 0 aliphatic heterocycles. The average molecular weight is 658 g/mol. The van der Waals surface area contributed by atoms with Gasteiger partial charge in [-0.05, 0) is 44.9 Å². The van der Waals surface area contributed by atoms with E-state index in [9.17, 15) is 28.0 Å². The Hall–Kier alpha value is -1.22. The van der Waals surface area contributed by atoms with Gasteiger partial charge in [0, 0.05) is 0 Å². The van der Waals surface area contributed by atoms with Crippen molar-refractivity contribution in [2.45, 2.75) is 199 Å². The van der Waals surface area contributed by atoms with Gasteiger partial charge in [-0.2, -0.15) is 8.42 Å². The minimum Gasteiger partial charge on any atom is -0.387 e. The summed E-state index contributed by atoms with van der Waals surface area (Å²) in [5.41, 5.74) is 0. The Kier molecular flexibility index (Phi) is 30.5. The molecule has 3 unspecified atom stereocenters. The Morgan fingerprint density at radius 1 is 0.600 bits per heavy atom. The fourth-order valence-electron chi connectivity index (χ4n) is 5.57. The van der Waals surface area contributed by atoms with Crippen LogP contribution in [-0.4, -0.2) is 53.1 Å². The molecule has 0 rings (SSSR count). The van der Waals surface area contributed by atoms with Crippen molar-refractivity contribution in [1.29, 1.82) is 0 Å². The molecule has 0 aliphatic carbocycles. The summed E-state index contributed by atoms with van der Waals surface area (Å²) in [6.45, 7) is 4.47. The van der Waals surface area contributed by atoms with Gasteiger partial charge in [0.2, 0.25) is 5.91 Å². The molecule has 0 saturated carbocycles. The van der Waals surface area contributed by atoms with Crippen LogP contribution >= 0.6 is 0 Å². The fourth-order valence-corrected chi connectivity index (χ4v) is 6.30. The quantitative estimate of drug-likeness (QED) is 0.0317. The molecule has 0 saturated heterocycles. The van der Waals surface area contributed by atoms with Gasteiger partial charge in [0.25, 0.3) is 10.1 Å². The second-order valence-electron chi connectivity index (χ2n) is 13.0. The van der Waals surface area contributed by atoms with Crippen molar-refractivity contribution in [1.82, 2.24) is 5.32 Å². The monoisotopic (exact) mass is 658 g/mol. The van der Waals surface area contributed by atoms with Gasteiger partial charge < -0.3 is 15.5 Å². The number of carbonyl (C=O) groups excluding carboxylic acids is 1. The lowest BCUT2D eigenvalue weighted by Gasteiger charge is -2.22. The van der Waals surface area contributed by atoms with Gasteiger partial charge in [-0.3, -0.25) is 9.35 Å². The molecule has 4 N–H and O–H groups in total. The van der Waals surface area contributed by atoms with Gasteiger partial charge in [-0.1, -0.05) is 160 Å². The molecular weight excluding hydrogens is 586 g/mol. The second kappa shape index (κ2) is 31.4. The third-order valence-corrected chi connectivity index (χ3v) is 9.26. The predicted octanol–water partition coefficient (Wildman–Crippen LogP) is 9.38. The van der Waals surface area contributed by atoms with Gasteiger partial charge in [0.05, 0.1) is 17.9 Å². The van der Waals surface area contributed by atoms with Crippen molar-refractivity contribution in [2.75, 3.05) is 5.75 Å². The molecule has 0 aromatic rings. The summed E-state index contributed by atoms with van der Waals surface area (Å²) < 4.78 is 32.3. The molecule has 7 nitrogen and oxygen atoms in total. The van der Waals surface area contributed by atoms with E-state index < -0.39 is 40.0 Å². The van der Waals surface area contributed by atoms with Crippen LogP contribution in [-0.2, 0) is 14.9 Å². The minimum absolute atomic E-state index is 0.267. The smallest absolute Gasteiger partial charge is 0.267 e. The van der Waals surface area contributed by atoms with Crippen LogP contribution in [0.2, 0.25) is 0 Å². The molecule has 266 valence electrons. The normalized spacial score (nSPS) is 14.3. The highest BCUT2D eigenvalue weighted by Gasteiger charge is 2.27. The van der Waals surface area contributed by atoms with Crippen LogP contribution in [0, 0.1) is 0 Å². The molecule has 0 fully saturated rings. The van der Waals surface area contributed by atoms with E-state index in [0.29, 0.717) is 6.42 Å². The Morgan fingerprint density at radius 3 is 1.40 bits per heavy atom.